The smallest absolute Gasteiger partial charge is 0.128 e. The number of anilines is 1. The van der Waals surface area contributed by atoms with E-state index in [0.29, 0.717) is 16.8 Å². The van der Waals surface area contributed by atoms with Crippen molar-refractivity contribution in [3.05, 3.63) is 22.8 Å². The Hall–Kier alpha value is -0.840. The van der Waals surface area contributed by atoms with Crippen LogP contribution in [0.5, 0.6) is 0 Å². The molecule has 0 saturated heterocycles. The molecule has 0 aromatic carbocycles. The van der Waals surface area contributed by atoms with Gasteiger partial charge in [0.05, 0.1) is 11.1 Å². The van der Waals surface area contributed by atoms with Gasteiger partial charge in [0.15, 0.2) is 0 Å². The summed E-state index contributed by atoms with van der Waals surface area (Å²) in [6.07, 6.45) is 6.44. The summed E-state index contributed by atoms with van der Waals surface area (Å²) in [7, 11) is 0. The Bertz CT molecular complexity index is 410. The van der Waals surface area contributed by atoms with Crippen LogP contribution in [0.2, 0.25) is 5.02 Å². The minimum absolute atomic E-state index is 0.0488. The molecule has 3 atom stereocenters. The Balaban J connectivity index is 2.20. The van der Waals surface area contributed by atoms with E-state index >= 15 is 0 Å². The molecule has 1 aliphatic carbocycles. The second kappa shape index (κ2) is 5.87. The van der Waals surface area contributed by atoms with Crippen molar-refractivity contribution in [2.45, 2.75) is 38.6 Å². The molecule has 1 aliphatic rings. The molecule has 1 aromatic rings. The Morgan fingerprint density at radius 2 is 2.33 bits per heavy atom. The predicted octanol–water partition coefficient (Wildman–Crippen LogP) is 2.65. The lowest BCUT2D eigenvalue weighted by Gasteiger charge is -2.24. The number of nitrogens with one attached hydrogen (secondary N) is 1. The summed E-state index contributed by atoms with van der Waals surface area (Å²) >= 11 is 5.99. The Labute approximate surface area is 113 Å². The summed E-state index contributed by atoms with van der Waals surface area (Å²) in [6.45, 7) is 2.24. The van der Waals surface area contributed by atoms with Crippen LogP contribution < -0.4 is 17.0 Å². The Morgan fingerprint density at radius 1 is 1.56 bits per heavy atom. The molecular formula is C13H21ClN4. The maximum Gasteiger partial charge on any atom is 0.128 e. The zero-order chi connectivity index (χ0) is 13.1. The molecule has 0 bridgehead atoms. The van der Waals surface area contributed by atoms with Crippen LogP contribution in [0.4, 0.5) is 5.82 Å². The van der Waals surface area contributed by atoms with E-state index in [4.69, 9.17) is 23.2 Å². The van der Waals surface area contributed by atoms with Crippen molar-refractivity contribution in [2.24, 2.45) is 17.7 Å². The standard InChI is InChI=1S/C13H21ClN4/c1-2-8-3-4-9(5-8)12(18-16)11-6-10(14)7-17-13(11)15/h6-9,12,18H,2-5,16H2,1H3,(H2,15,17). The summed E-state index contributed by atoms with van der Waals surface area (Å²) < 4.78 is 0. The van der Waals surface area contributed by atoms with Gasteiger partial charge in [-0.05, 0) is 30.7 Å². The second-order valence-electron chi connectivity index (χ2n) is 5.12. The van der Waals surface area contributed by atoms with Crippen molar-refractivity contribution in [1.29, 1.82) is 0 Å². The number of nitrogens with two attached hydrogens (primary N) is 2. The van der Waals surface area contributed by atoms with Crippen LogP contribution in [0, 0.1) is 11.8 Å². The van der Waals surface area contributed by atoms with Gasteiger partial charge in [-0.15, -0.1) is 0 Å². The average molecular weight is 269 g/mol. The topological polar surface area (TPSA) is 77.0 Å². The zero-order valence-electron chi connectivity index (χ0n) is 10.7. The molecule has 1 heterocycles. The fourth-order valence-electron chi connectivity index (χ4n) is 2.98. The van der Waals surface area contributed by atoms with Gasteiger partial charge in [-0.2, -0.15) is 0 Å². The first-order valence-electron chi connectivity index (χ1n) is 6.52. The van der Waals surface area contributed by atoms with Gasteiger partial charge < -0.3 is 5.73 Å². The minimum atomic E-state index is 0.0488. The van der Waals surface area contributed by atoms with E-state index < -0.39 is 0 Å². The molecule has 18 heavy (non-hydrogen) atoms. The third kappa shape index (κ3) is 2.76. The van der Waals surface area contributed by atoms with Crippen molar-refractivity contribution in [1.82, 2.24) is 10.4 Å². The first kappa shape index (κ1) is 13.6. The fourth-order valence-corrected chi connectivity index (χ4v) is 3.15. The molecule has 5 N–H and O–H groups in total. The van der Waals surface area contributed by atoms with Crippen LogP contribution in [0.3, 0.4) is 0 Å². The van der Waals surface area contributed by atoms with Crippen molar-refractivity contribution in [3.63, 3.8) is 0 Å². The molecule has 5 heteroatoms. The fraction of sp³-hybridized carbons (Fsp3) is 0.615. The normalized spacial score (nSPS) is 25.3. The van der Waals surface area contributed by atoms with Crippen molar-refractivity contribution >= 4 is 17.4 Å². The zero-order valence-corrected chi connectivity index (χ0v) is 11.5. The van der Waals surface area contributed by atoms with Crippen LogP contribution in [-0.2, 0) is 0 Å². The number of aromatic nitrogens is 1. The van der Waals surface area contributed by atoms with Crippen molar-refractivity contribution in [3.8, 4) is 0 Å². The molecule has 1 aromatic heterocycles. The summed E-state index contributed by atoms with van der Waals surface area (Å²) in [5, 5.41) is 0.601. The molecule has 0 aliphatic heterocycles. The lowest BCUT2D eigenvalue weighted by atomic mass is 9.91. The minimum Gasteiger partial charge on any atom is -0.383 e. The predicted molar refractivity (Wildman–Crippen MR) is 74.8 cm³/mol. The van der Waals surface area contributed by atoms with E-state index in [9.17, 15) is 0 Å². The van der Waals surface area contributed by atoms with E-state index in [2.05, 4.69) is 17.3 Å². The number of hydrogen-bond donors (Lipinski definition) is 3. The van der Waals surface area contributed by atoms with E-state index in [1.807, 2.05) is 6.07 Å². The molecular weight excluding hydrogens is 248 g/mol. The molecule has 3 unspecified atom stereocenters. The van der Waals surface area contributed by atoms with Gasteiger partial charge in [-0.3, -0.25) is 11.3 Å². The van der Waals surface area contributed by atoms with Crippen LogP contribution >= 0.6 is 11.6 Å². The van der Waals surface area contributed by atoms with E-state index in [1.54, 1.807) is 6.20 Å². The van der Waals surface area contributed by atoms with Gasteiger partial charge in [0.1, 0.15) is 5.82 Å². The Kier molecular flexibility index (Phi) is 4.43. The number of nitrogens with zero attached hydrogens (tertiary/aromatic N) is 1. The highest BCUT2D eigenvalue weighted by molar-refractivity contribution is 6.30. The maximum atomic E-state index is 5.99. The summed E-state index contributed by atoms with van der Waals surface area (Å²) in [5.41, 5.74) is 9.75. The monoisotopic (exact) mass is 268 g/mol. The summed E-state index contributed by atoms with van der Waals surface area (Å²) in [4.78, 5) is 4.11. The van der Waals surface area contributed by atoms with Crippen LogP contribution in [0.25, 0.3) is 0 Å². The van der Waals surface area contributed by atoms with E-state index in [-0.39, 0.29) is 6.04 Å². The third-order valence-corrected chi connectivity index (χ3v) is 4.27. The molecule has 4 nitrogen and oxygen atoms in total. The van der Waals surface area contributed by atoms with Gasteiger partial charge in [0.25, 0.3) is 0 Å². The van der Waals surface area contributed by atoms with Gasteiger partial charge in [0, 0.05) is 11.8 Å². The molecule has 2 rings (SSSR count). The molecule has 1 fully saturated rings. The Morgan fingerprint density at radius 3 is 2.94 bits per heavy atom. The van der Waals surface area contributed by atoms with Gasteiger partial charge >= 0.3 is 0 Å². The SMILES string of the molecule is CCC1CCC(C(NN)c2cc(Cl)cnc2N)C1. The van der Waals surface area contributed by atoms with Crippen molar-refractivity contribution in [2.75, 3.05) is 5.73 Å². The highest BCUT2D eigenvalue weighted by Crippen LogP contribution is 2.41. The van der Waals surface area contributed by atoms with Gasteiger partial charge in [-0.25, -0.2) is 4.98 Å². The number of halogens is 1. The highest BCUT2D eigenvalue weighted by Gasteiger charge is 2.31. The average Bonchev–Trinajstić information content (AvgIpc) is 2.83. The van der Waals surface area contributed by atoms with Crippen LogP contribution in [0.15, 0.2) is 12.3 Å². The number of nitrogen functional groups attached to an aromatic ring is 1. The van der Waals surface area contributed by atoms with Crippen molar-refractivity contribution < 1.29 is 0 Å². The number of hydrazine groups is 1. The van der Waals surface area contributed by atoms with Gasteiger partial charge in [-0.1, -0.05) is 31.4 Å². The largest absolute Gasteiger partial charge is 0.383 e. The van der Waals surface area contributed by atoms with E-state index in [0.717, 1.165) is 11.5 Å². The number of hydrogen-bond acceptors (Lipinski definition) is 4. The number of pyridine rings is 1. The quantitative estimate of drug-likeness (QED) is 0.580. The second-order valence-corrected chi connectivity index (χ2v) is 5.56. The van der Waals surface area contributed by atoms with Gasteiger partial charge in [0.2, 0.25) is 0 Å². The van der Waals surface area contributed by atoms with Crippen LogP contribution in [-0.4, -0.2) is 4.98 Å². The molecule has 0 spiro atoms. The number of rotatable bonds is 4. The third-order valence-electron chi connectivity index (χ3n) is 4.06. The molecule has 100 valence electrons. The van der Waals surface area contributed by atoms with Crippen LogP contribution in [0.1, 0.15) is 44.2 Å². The first-order chi connectivity index (χ1) is 8.65. The maximum absolute atomic E-state index is 5.99. The lowest BCUT2D eigenvalue weighted by molar-refractivity contribution is 0.358. The molecule has 0 radical (unpaired) electrons. The molecule has 0 amide bonds. The summed E-state index contributed by atoms with van der Waals surface area (Å²) in [6, 6.07) is 1.92. The molecule has 1 saturated carbocycles. The highest BCUT2D eigenvalue weighted by atomic mass is 35.5. The first-order valence-corrected chi connectivity index (χ1v) is 6.90. The lowest BCUT2D eigenvalue weighted by Crippen LogP contribution is -2.33. The summed E-state index contributed by atoms with van der Waals surface area (Å²) in [5.74, 6) is 7.55. The van der Waals surface area contributed by atoms with E-state index in [1.165, 1.54) is 25.7 Å².